The third-order valence-electron chi connectivity index (χ3n) is 5.12. The summed E-state index contributed by atoms with van der Waals surface area (Å²) in [5, 5.41) is 3.73. The molecule has 1 aromatic heterocycles. The van der Waals surface area contributed by atoms with E-state index in [1.54, 1.807) is 18.2 Å². The first-order valence-electron chi connectivity index (χ1n) is 9.12. The Balaban J connectivity index is 1.70. The van der Waals surface area contributed by atoms with E-state index in [1.165, 1.54) is 14.1 Å². The van der Waals surface area contributed by atoms with E-state index < -0.39 is 10.2 Å². The first-order valence-corrected chi connectivity index (χ1v) is 10.6. The largest absolute Gasteiger partial charge is 0.399 e. The average Bonchev–Trinajstić information content (AvgIpc) is 3.27. The second-order valence-corrected chi connectivity index (χ2v) is 9.21. The number of nitrogen functional groups attached to an aromatic ring is 1. The molecule has 27 heavy (non-hydrogen) atoms. The van der Waals surface area contributed by atoms with Crippen LogP contribution in [0.1, 0.15) is 36.2 Å². The van der Waals surface area contributed by atoms with Crippen molar-refractivity contribution in [2.45, 2.75) is 31.7 Å². The summed E-state index contributed by atoms with van der Waals surface area (Å²) >= 11 is 0. The van der Waals surface area contributed by atoms with Crippen LogP contribution in [0.25, 0.3) is 10.9 Å². The van der Waals surface area contributed by atoms with Gasteiger partial charge in [-0.2, -0.15) is 17.4 Å². The van der Waals surface area contributed by atoms with Gasteiger partial charge in [0.05, 0.1) is 0 Å². The Kier molecular flexibility index (Phi) is 5.73. The molecule has 148 valence electrons. The number of benzene rings is 1. The van der Waals surface area contributed by atoms with Crippen molar-refractivity contribution in [2.75, 3.05) is 26.4 Å². The zero-order valence-electron chi connectivity index (χ0n) is 15.7. The molecule has 1 aliphatic carbocycles. The fourth-order valence-corrected chi connectivity index (χ4v) is 4.40. The quantitative estimate of drug-likeness (QED) is 0.532. The number of fused-ring (bicyclic) bond motifs is 1. The molecule has 1 saturated carbocycles. The van der Waals surface area contributed by atoms with Gasteiger partial charge in [-0.15, -0.1) is 0 Å². The van der Waals surface area contributed by atoms with Crippen LogP contribution >= 0.6 is 0 Å². The number of carbonyl (C=O) groups excluding carboxylic acids is 1. The van der Waals surface area contributed by atoms with Crippen molar-refractivity contribution in [3.05, 3.63) is 30.0 Å². The SMILES string of the molecule is CN(C)S(=O)(=O)NC(CNC(=O)c1cc2cc(N)ccc2[nH]1)C1CCCC1. The molecule has 1 atom stereocenters. The van der Waals surface area contributed by atoms with Crippen LogP contribution in [-0.2, 0) is 10.2 Å². The second kappa shape index (κ2) is 7.87. The lowest BCUT2D eigenvalue weighted by Crippen LogP contribution is -2.50. The summed E-state index contributed by atoms with van der Waals surface area (Å²) in [6, 6.07) is 6.81. The Morgan fingerprint density at radius 3 is 2.67 bits per heavy atom. The minimum Gasteiger partial charge on any atom is -0.399 e. The van der Waals surface area contributed by atoms with Crippen molar-refractivity contribution in [1.82, 2.24) is 19.3 Å². The van der Waals surface area contributed by atoms with Crippen LogP contribution in [0.5, 0.6) is 0 Å². The lowest BCUT2D eigenvalue weighted by atomic mass is 9.99. The van der Waals surface area contributed by atoms with Crippen LogP contribution < -0.4 is 15.8 Å². The third-order valence-corrected chi connectivity index (χ3v) is 6.68. The van der Waals surface area contributed by atoms with E-state index in [2.05, 4.69) is 15.0 Å². The number of anilines is 1. The van der Waals surface area contributed by atoms with Gasteiger partial charge in [0, 0.05) is 43.3 Å². The van der Waals surface area contributed by atoms with E-state index >= 15 is 0 Å². The van der Waals surface area contributed by atoms with Crippen LogP contribution in [0.2, 0.25) is 0 Å². The summed E-state index contributed by atoms with van der Waals surface area (Å²) in [4.78, 5) is 15.6. The van der Waals surface area contributed by atoms with Gasteiger partial charge in [0.25, 0.3) is 16.1 Å². The van der Waals surface area contributed by atoms with Crippen molar-refractivity contribution >= 4 is 32.7 Å². The van der Waals surface area contributed by atoms with Crippen molar-refractivity contribution in [3.63, 3.8) is 0 Å². The maximum absolute atomic E-state index is 12.6. The first kappa shape index (κ1) is 19.7. The number of rotatable bonds is 7. The molecule has 1 unspecified atom stereocenters. The number of aromatic amines is 1. The molecule has 0 aliphatic heterocycles. The van der Waals surface area contributed by atoms with Crippen molar-refractivity contribution in [2.24, 2.45) is 5.92 Å². The van der Waals surface area contributed by atoms with Gasteiger partial charge < -0.3 is 16.0 Å². The fraction of sp³-hybridized carbons (Fsp3) is 0.500. The van der Waals surface area contributed by atoms with Gasteiger partial charge in [0.1, 0.15) is 5.69 Å². The highest BCUT2D eigenvalue weighted by Gasteiger charge is 2.30. The molecule has 2 aromatic rings. The van der Waals surface area contributed by atoms with E-state index in [4.69, 9.17) is 5.73 Å². The van der Waals surface area contributed by atoms with Crippen LogP contribution in [0.4, 0.5) is 5.69 Å². The van der Waals surface area contributed by atoms with Gasteiger partial charge in [-0.05, 0) is 43.0 Å². The van der Waals surface area contributed by atoms with Gasteiger partial charge in [-0.25, -0.2) is 0 Å². The number of H-pyrrole nitrogens is 1. The first-order chi connectivity index (χ1) is 12.8. The van der Waals surface area contributed by atoms with E-state index in [1.807, 2.05) is 6.07 Å². The van der Waals surface area contributed by atoms with Gasteiger partial charge >= 0.3 is 0 Å². The third kappa shape index (κ3) is 4.60. The van der Waals surface area contributed by atoms with Crippen LogP contribution in [-0.4, -0.2) is 50.3 Å². The van der Waals surface area contributed by atoms with Gasteiger partial charge in [0.2, 0.25) is 0 Å². The Morgan fingerprint density at radius 1 is 1.30 bits per heavy atom. The monoisotopic (exact) mass is 393 g/mol. The molecule has 1 amide bonds. The molecule has 0 saturated heterocycles. The molecule has 0 radical (unpaired) electrons. The molecule has 5 N–H and O–H groups in total. The van der Waals surface area contributed by atoms with E-state index in [9.17, 15) is 13.2 Å². The predicted octanol–water partition coefficient (Wildman–Crippen LogP) is 1.43. The normalized spacial score (nSPS) is 16.9. The van der Waals surface area contributed by atoms with Crippen LogP contribution in [0.15, 0.2) is 24.3 Å². The summed E-state index contributed by atoms with van der Waals surface area (Å²) in [5.74, 6) is -0.0423. The topological polar surface area (TPSA) is 120 Å². The number of nitrogens with two attached hydrogens (primary N) is 1. The standard InChI is InChI=1S/C18H27N5O3S/c1-23(2)27(25,26)22-17(12-5-3-4-6-12)11-20-18(24)16-10-13-9-14(19)7-8-15(13)21-16/h7-10,12,17,21-22H,3-6,11,19H2,1-2H3,(H,20,24). The lowest BCUT2D eigenvalue weighted by Gasteiger charge is -2.26. The van der Waals surface area contributed by atoms with Gasteiger partial charge in [-0.3, -0.25) is 4.79 Å². The maximum Gasteiger partial charge on any atom is 0.279 e. The molecule has 1 fully saturated rings. The molecule has 1 heterocycles. The Labute approximate surface area is 159 Å². The highest BCUT2D eigenvalue weighted by atomic mass is 32.2. The number of aromatic nitrogens is 1. The van der Waals surface area contributed by atoms with Gasteiger partial charge in [0.15, 0.2) is 0 Å². The zero-order chi connectivity index (χ0) is 19.6. The minimum absolute atomic E-state index is 0.225. The summed E-state index contributed by atoms with van der Waals surface area (Å²) in [6.07, 6.45) is 4.09. The number of carbonyl (C=O) groups is 1. The summed E-state index contributed by atoms with van der Waals surface area (Å²) < 4.78 is 28.4. The summed E-state index contributed by atoms with van der Waals surface area (Å²) in [7, 11) is -0.585. The minimum atomic E-state index is -3.56. The second-order valence-electron chi connectivity index (χ2n) is 7.30. The lowest BCUT2D eigenvalue weighted by molar-refractivity contribution is 0.0943. The number of nitrogens with zero attached hydrogens (tertiary/aromatic N) is 1. The van der Waals surface area contributed by atoms with Crippen molar-refractivity contribution < 1.29 is 13.2 Å². The molecule has 1 aromatic carbocycles. The average molecular weight is 394 g/mol. The molecule has 9 heteroatoms. The molecule has 8 nitrogen and oxygen atoms in total. The van der Waals surface area contributed by atoms with Crippen LogP contribution in [0, 0.1) is 5.92 Å². The number of hydrogen-bond donors (Lipinski definition) is 4. The summed E-state index contributed by atoms with van der Waals surface area (Å²) in [5.41, 5.74) is 7.67. The molecular weight excluding hydrogens is 366 g/mol. The number of amides is 1. The molecule has 3 rings (SSSR count). The van der Waals surface area contributed by atoms with Gasteiger partial charge in [-0.1, -0.05) is 12.8 Å². The number of hydrogen-bond acceptors (Lipinski definition) is 4. The Morgan fingerprint density at radius 2 is 2.00 bits per heavy atom. The number of nitrogens with one attached hydrogen (secondary N) is 3. The highest BCUT2D eigenvalue weighted by Crippen LogP contribution is 2.28. The smallest absolute Gasteiger partial charge is 0.279 e. The summed E-state index contributed by atoms with van der Waals surface area (Å²) in [6.45, 7) is 0.244. The molecule has 0 bridgehead atoms. The zero-order valence-corrected chi connectivity index (χ0v) is 16.5. The maximum atomic E-state index is 12.6. The predicted molar refractivity (Wildman–Crippen MR) is 107 cm³/mol. The van der Waals surface area contributed by atoms with Crippen LogP contribution in [0.3, 0.4) is 0 Å². The van der Waals surface area contributed by atoms with E-state index in [0.717, 1.165) is 40.9 Å². The van der Waals surface area contributed by atoms with Crippen molar-refractivity contribution in [1.29, 1.82) is 0 Å². The van der Waals surface area contributed by atoms with E-state index in [-0.39, 0.29) is 24.4 Å². The van der Waals surface area contributed by atoms with Crippen molar-refractivity contribution in [3.8, 4) is 0 Å². The molecular formula is C18H27N5O3S. The molecule has 1 aliphatic rings. The Bertz CT molecular complexity index is 916. The van der Waals surface area contributed by atoms with E-state index in [0.29, 0.717) is 11.4 Å². The molecule has 0 spiro atoms. The highest BCUT2D eigenvalue weighted by molar-refractivity contribution is 7.87. The fourth-order valence-electron chi connectivity index (χ4n) is 3.53. The Hall–Kier alpha value is -2.10.